The first-order valence-corrected chi connectivity index (χ1v) is 6.10. The molecule has 1 aromatic carbocycles. The van der Waals surface area contributed by atoms with Crippen molar-refractivity contribution in [2.24, 2.45) is 5.73 Å². The number of nitrogens with one attached hydrogen (secondary N) is 1. The normalized spacial score (nSPS) is 9.70. The van der Waals surface area contributed by atoms with E-state index in [1.165, 1.54) is 6.39 Å². The van der Waals surface area contributed by atoms with Crippen LogP contribution in [0.2, 0.25) is 5.02 Å². The third-order valence-electron chi connectivity index (χ3n) is 2.37. The average molecular weight is 291 g/mol. The molecular formula is C13H11ClN4O2. The minimum Gasteiger partial charge on any atom is -0.345 e. The molecule has 0 bridgehead atoms. The van der Waals surface area contributed by atoms with Gasteiger partial charge in [-0.05, 0) is 18.2 Å². The van der Waals surface area contributed by atoms with Crippen molar-refractivity contribution >= 4 is 17.5 Å². The van der Waals surface area contributed by atoms with Gasteiger partial charge in [-0.15, -0.1) is 0 Å². The number of nitrogens with zero attached hydrogens (tertiary/aromatic N) is 2. The van der Waals surface area contributed by atoms with Gasteiger partial charge in [-0.1, -0.05) is 28.6 Å². The maximum Gasteiger partial charge on any atom is 0.251 e. The third kappa shape index (κ3) is 3.57. The van der Waals surface area contributed by atoms with Crippen molar-refractivity contribution in [1.82, 2.24) is 15.5 Å². The van der Waals surface area contributed by atoms with Crippen LogP contribution in [-0.4, -0.2) is 22.6 Å². The molecule has 0 aliphatic heterocycles. The minimum absolute atomic E-state index is 0.182. The molecule has 102 valence electrons. The van der Waals surface area contributed by atoms with Crippen LogP contribution in [-0.2, 0) is 6.54 Å². The standard InChI is InChI=1S/C13H11ClN4O2/c14-11-6-10(4-3-9(11)2-1-5-15)13(19)16-7-12-17-8-20-18-12/h3-4,6,8H,5,7,15H2,(H,16,19). The number of rotatable bonds is 3. The van der Waals surface area contributed by atoms with Crippen LogP contribution < -0.4 is 11.1 Å². The molecule has 0 saturated carbocycles. The Morgan fingerprint density at radius 3 is 3.00 bits per heavy atom. The molecule has 0 fully saturated rings. The quantitative estimate of drug-likeness (QED) is 0.821. The summed E-state index contributed by atoms with van der Waals surface area (Å²) in [4.78, 5) is 15.7. The monoisotopic (exact) mass is 290 g/mol. The number of carbonyl (C=O) groups excluding carboxylic acids is 1. The van der Waals surface area contributed by atoms with Crippen LogP contribution in [0.1, 0.15) is 21.7 Å². The topological polar surface area (TPSA) is 94.0 Å². The summed E-state index contributed by atoms with van der Waals surface area (Å²) in [5.41, 5.74) is 6.35. The molecule has 0 atom stereocenters. The molecule has 1 heterocycles. The number of amides is 1. The van der Waals surface area contributed by atoms with Crippen LogP contribution >= 0.6 is 11.6 Å². The number of nitrogens with two attached hydrogens (primary N) is 1. The molecular weight excluding hydrogens is 280 g/mol. The summed E-state index contributed by atoms with van der Waals surface area (Å²) in [6, 6.07) is 4.86. The summed E-state index contributed by atoms with van der Waals surface area (Å²) in [7, 11) is 0. The summed E-state index contributed by atoms with van der Waals surface area (Å²) >= 11 is 6.05. The lowest BCUT2D eigenvalue weighted by atomic mass is 10.1. The minimum atomic E-state index is -0.282. The van der Waals surface area contributed by atoms with Gasteiger partial charge in [-0.2, -0.15) is 4.98 Å². The molecule has 0 aliphatic carbocycles. The van der Waals surface area contributed by atoms with Crippen LogP contribution in [0.25, 0.3) is 0 Å². The van der Waals surface area contributed by atoms with Gasteiger partial charge in [-0.25, -0.2) is 0 Å². The molecule has 2 rings (SSSR count). The summed E-state index contributed by atoms with van der Waals surface area (Å²) in [6.45, 7) is 0.435. The summed E-state index contributed by atoms with van der Waals surface area (Å²) < 4.78 is 4.57. The zero-order valence-corrected chi connectivity index (χ0v) is 11.1. The predicted octanol–water partition coefficient (Wildman–Crippen LogP) is 0.963. The molecule has 0 radical (unpaired) electrons. The largest absolute Gasteiger partial charge is 0.345 e. The first kappa shape index (κ1) is 14.1. The van der Waals surface area contributed by atoms with E-state index in [-0.39, 0.29) is 19.0 Å². The van der Waals surface area contributed by atoms with Crippen LogP contribution in [0.3, 0.4) is 0 Å². The third-order valence-corrected chi connectivity index (χ3v) is 2.68. The number of hydrogen-bond donors (Lipinski definition) is 2. The number of benzene rings is 1. The molecule has 0 unspecified atom stereocenters. The molecule has 3 N–H and O–H groups in total. The van der Waals surface area contributed by atoms with Crippen molar-refractivity contribution in [3.05, 3.63) is 46.6 Å². The van der Waals surface area contributed by atoms with E-state index in [9.17, 15) is 4.79 Å². The molecule has 1 aromatic heterocycles. The Morgan fingerprint density at radius 1 is 1.50 bits per heavy atom. The Morgan fingerprint density at radius 2 is 2.35 bits per heavy atom. The Hall–Kier alpha value is -2.36. The lowest BCUT2D eigenvalue weighted by molar-refractivity contribution is 0.0949. The van der Waals surface area contributed by atoms with Crippen molar-refractivity contribution in [2.45, 2.75) is 6.54 Å². The van der Waals surface area contributed by atoms with E-state index in [1.54, 1.807) is 18.2 Å². The van der Waals surface area contributed by atoms with Crippen LogP contribution in [0.5, 0.6) is 0 Å². The van der Waals surface area contributed by atoms with Crippen LogP contribution in [0, 0.1) is 11.8 Å². The number of halogens is 1. The second-order valence-electron chi connectivity index (χ2n) is 3.73. The van der Waals surface area contributed by atoms with Crippen molar-refractivity contribution in [1.29, 1.82) is 0 Å². The van der Waals surface area contributed by atoms with Crippen molar-refractivity contribution in [3.63, 3.8) is 0 Å². The highest BCUT2D eigenvalue weighted by Gasteiger charge is 2.09. The summed E-state index contributed by atoms with van der Waals surface area (Å²) in [6.07, 6.45) is 1.20. The molecule has 0 spiro atoms. The van der Waals surface area contributed by atoms with Gasteiger partial charge in [0.1, 0.15) is 0 Å². The highest BCUT2D eigenvalue weighted by atomic mass is 35.5. The van der Waals surface area contributed by atoms with Crippen molar-refractivity contribution in [3.8, 4) is 11.8 Å². The summed E-state index contributed by atoms with van der Waals surface area (Å²) in [5, 5.41) is 6.64. The molecule has 6 nitrogen and oxygen atoms in total. The van der Waals surface area contributed by atoms with E-state index in [2.05, 4.69) is 31.8 Å². The van der Waals surface area contributed by atoms with E-state index >= 15 is 0 Å². The highest BCUT2D eigenvalue weighted by Crippen LogP contribution is 2.17. The molecule has 0 saturated heterocycles. The van der Waals surface area contributed by atoms with E-state index in [0.29, 0.717) is 22.0 Å². The van der Waals surface area contributed by atoms with Crippen LogP contribution in [0.4, 0.5) is 0 Å². The average Bonchev–Trinajstić information content (AvgIpc) is 2.96. The lowest BCUT2D eigenvalue weighted by Gasteiger charge is -2.04. The molecule has 20 heavy (non-hydrogen) atoms. The van der Waals surface area contributed by atoms with Gasteiger partial charge >= 0.3 is 0 Å². The second kappa shape index (κ2) is 6.70. The maximum atomic E-state index is 11.9. The fraction of sp³-hybridized carbons (Fsp3) is 0.154. The first-order chi connectivity index (χ1) is 9.70. The zero-order chi connectivity index (χ0) is 14.4. The van der Waals surface area contributed by atoms with E-state index in [0.717, 1.165) is 0 Å². The zero-order valence-electron chi connectivity index (χ0n) is 10.4. The predicted molar refractivity (Wildman–Crippen MR) is 72.9 cm³/mol. The van der Waals surface area contributed by atoms with Gasteiger partial charge in [0, 0.05) is 11.1 Å². The SMILES string of the molecule is NCC#Cc1ccc(C(=O)NCc2ncon2)cc1Cl. The van der Waals surface area contributed by atoms with Gasteiger partial charge in [0.15, 0.2) is 5.82 Å². The van der Waals surface area contributed by atoms with Gasteiger partial charge in [0.25, 0.3) is 5.91 Å². The Labute approximate surface area is 120 Å². The van der Waals surface area contributed by atoms with Gasteiger partial charge in [0.2, 0.25) is 6.39 Å². The Kier molecular flexibility index (Phi) is 4.71. The maximum absolute atomic E-state index is 11.9. The first-order valence-electron chi connectivity index (χ1n) is 5.72. The Bertz CT molecular complexity index is 659. The van der Waals surface area contributed by atoms with Gasteiger partial charge in [-0.3, -0.25) is 4.79 Å². The second-order valence-corrected chi connectivity index (χ2v) is 4.14. The number of hydrogen-bond acceptors (Lipinski definition) is 5. The van der Waals surface area contributed by atoms with Crippen molar-refractivity contribution < 1.29 is 9.32 Å². The highest BCUT2D eigenvalue weighted by molar-refractivity contribution is 6.32. The fourth-order valence-corrected chi connectivity index (χ4v) is 1.66. The van der Waals surface area contributed by atoms with E-state index in [4.69, 9.17) is 17.3 Å². The number of aromatic nitrogens is 2. The molecule has 1 amide bonds. The van der Waals surface area contributed by atoms with E-state index < -0.39 is 0 Å². The number of carbonyl (C=O) groups is 1. The van der Waals surface area contributed by atoms with Crippen molar-refractivity contribution in [2.75, 3.05) is 6.54 Å². The molecule has 0 aliphatic rings. The van der Waals surface area contributed by atoms with Crippen LogP contribution in [0.15, 0.2) is 29.1 Å². The molecule has 2 aromatic rings. The molecule has 7 heteroatoms. The smallest absolute Gasteiger partial charge is 0.251 e. The summed E-state index contributed by atoms with van der Waals surface area (Å²) in [5.74, 6) is 5.64. The van der Waals surface area contributed by atoms with Gasteiger partial charge in [0.05, 0.1) is 18.1 Å². The lowest BCUT2D eigenvalue weighted by Crippen LogP contribution is -2.23. The van der Waals surface area contributed by atoms with Gasteiger partial charge < -0.3 is 15.6 Å². The Balaban J connectivity index is 2.05. The fourth-order valence-electron chi connectivity index (χ4n) is 1.44. The van der Waals surface area contributed by atoms with E-state index in [1.807, 2.05) is 0 Å².